The summed E-state index contributed by atoms with van der Waals surface area (Å²) in [5.74, 6) is -0.453. The van der Waals surface area contributed by atoms with Crippen LogP contribution in [0.5, 0.6) is 0 Å². The molecule has 0 saturated carbocycles. The summed E-state index contributed by atoms with van der Waals surface area (Å²) in [5.41, 5.74) is 1.45. The number of nitriles is 1. The smallest absolute Gasteiger partial charge is 0.321 e. The summed E-state index contributed by atoms with van der Waals surface area (Å²) >= 11 is 5.69. The number of carbonyl (C=O) groups is 1. The van der Waals surface area contributed by atoms with E-state index < -0.39 is 5.82 Å². The highest BCUT2D eigenvalue weighted by Gasteiger charge is 2.12. The van der Waals surface area contributed by atoms with E-state index in [2.05, 4.69) is 5.32 Å². The number of nitrogens with zero attached hydrogens (tertiary/aromatic N) is 2. The zero-order valence-corrected chi connectivity index (χ0v) is 12.6. The molecule has 2 amide bonds. The molecule has 0 fully saturated rings. The van der Waals surface area contributed by atoms with Crippen LogP contribution in [0.4, 0.5) is 14.9 Å². The number of halogens is 2. The van der Waals surface area contributed by atoms with Crippen LogP contribution in [0.25, 0.3) is 0 Å². The van der Waals surface area contributed by atoms with Gasteiger partial charge < -0.3 is 10.2 Å². The van der Waals surface area contributed by atoms with Crippen LogP contribution in [-0.4, -0.2) is 18.0 Å². The molecule has 0 aliphatic carbocycles. The van der Waals surface area contributed by atoms with Crippen LogP contribution in [0, 0.1) is 17.1 Å². The van der Waals surface area contributed by atoms with Crippen LogP contribution in [-0.2, 0) is 6.54 Å². The van der Waals surface area contributed by atoms with Gasteiger partial charge >= 0.3 is 6.03 Å². The van der Waals surface area contributed by atoms with E-state index in [0.29, 0.717) is 21.8 Å². The first-order chi connectivity index (χ1) is 10.5. The summed E-state index contributed by atoms with van der Waals surface area (Å²) in [4.78, 5) is 13.4. The van der Waals surface area contributed by atoms with E-state index >= 15 is 0 Å². The molecule has 0 aromatic heterocycles. The van der Waals surface area contributed by atoms with Gasteiger partial charge in [-0.25, -0.2) is 9.18 Å². The number of amides is 2. The molecule has 0 aliphatic heterocycles. The zero-order chi connectivity index (χ0) is 16.1. The Balaban J connectivity index is 2.01. The van der Waals surface area contributed by atoms with E-state index in [1.54, 1.807) is 43.4 Å². The topological polar surface area (TPSA) is 56.1 Å². The van der Waals surface area contributed by atoms with Gasteiger partial charge in [0.25, 0.3) is 0 Å². The fourth-order valence-electron chi connectivity index (χ4n) is 1.82. The van der Waals surface area contributed by atoms with Crippen molar-refractivity contribution in [2.45, 2.75) is 6.54 Å². The summed E-state index contributed by atoms with van der Waals surface area (Å²) in [6.07, 6.45) is 0. The van der Waals surface area contributed by atoms with E-state index in [0.717, 1.165) is 0 Å². The van der Waals surface area contributed by atoms with Crippen molar-refractivity contribution in [2.75, 3.05) is 12.4 Å². The van der Waals surface area contributed by atoms with Crippen molar-refractivity contribution < 1.29 is 9.18 Å². The molecule has 22 heavy (non-hydrogen) atoms. The number of benzene rings is 2. The average molecular weight is 318 g/mol. The van der Waals surface area contributed by atoms with Gasteiger partial charge in [0, 0.05) is 29.9 Å². The van der Waals surface area contributed by atoms with Gasteiger partial charge in [-0.05, 0) is 36.4 Å². The highest BCUT2D eigenvalue weighted by molar-refractivity contribution is 6.30. The Morgan fingerprint density at radius 2 is 2.00 bits per heavy atom. The number of rotatable bonds is 3. The lowest BCUT2D eigenvalue weighted by molar-refractivity contribution is 0.220. The molecule has 0 bridgehead atoms. The molecule has 1 N–H and O–H groups in total. The van der Waals surface area contributed by atoms with Gasteiger partial charge in [-0.3, -0.25) is 0 Å². The van der Waals surface area contributed by atoms with E-state index in [4.69, 9.17) is 16.9 Å². The first-order valence-corrected chi connectivity index (χ1v) is 6.83. The Morgan fingerprint density at radius 3 is 2.59 bits per heavy atom. The minimum atomic E-state index is -0.453. The summed E-state index contributed by atoms with van der Waals surface area (Å²) in [6, 6.07) is 12.4. The quantitative estimate of drug-likeness (QED) is 0.929. The molecular weight excluding hydrogens is 305 g/mol. The lowest BCUT2D eigenvalue weighted by atomic mass is 10.2. The number of anilines is 1. The van der Waals surface area contributed by atoms with Gasteiger partial charge in [-0.2, -0.15) is 5.26 Å². The van der Waals surface area contributed by atoms with Crippen LogP contribution in [0.2, 0.25) is 5.02 Å². The molecule has 2 aromatic carbocycles. The second-order valence-electron chi connectivity index (χ2n) is 4.71. The average Bonchev–Trinajstić information content (AvgIpc) is 2.50. The largest absolute Gasteiger partial charge is 0.323 e. The van der Waals surface area contributed by atoms with Crippen LogP contribution in [0.3, 0.4) is 0 Å². The number of nitrogens with one attached hydrogen (secondary N) is 1. The molecule has 112 valence electrons. The number of hydrogen-bond acceptors (Lipinski definition) is 2. The highest BCUT2D eigenvalue weighted by atomic mass is 35.5. The van der Waals surface area contributed by atoms with E-state index in [1.165, 1.54) is 11.0 Å². The Kier molecular flexibility index (Phi) is 4.97. The third kappa shape index (κ3) is 3.96. The number of urea groups is 1. The van der Waals surface area contributed by atoms with Crippen molar-refractivity contribution in [1.82, 2.24) is 4.90 Å². The summed E-state index contributed by atoms with van der Waals surface area (Å²) in [5, 5.41) is 11.7. The maximum Gasteiger partial charge on any atom is 0.321 e. The lowest BCUT2D eigenvalue weighted by Crippen LogP contribution is -2.31. The highest BCUT2D eigenvalue weighted by Crippen LogP contribution is 2.16. The molecule has 0 radical (unpaired) electrons. The fraction of sp³-hybridized carbons (Fsp3) is 0.125. The zero-order valence-electron chi connectivity index (χ0n) is 11.8. The van der Waals surface area contributed by atoms with Crippen molar-refractivity contribution in [3.63, 3.8) is 0 Å². The normalized spacial score (nSPS) is 9.91. The lowest BCUT2D eigenvalue weighted by Gasteiger charge is -2.18. The Bertz CT molecular complexity index is 725. The first kappa shape index (κ1) is 15.8. The molecule has 2 aromatic rings. The monoisotopic (exact) mass is 317 g/mol. The molecule has 4 nitrogen and oxygen atoms in total. The van der Waals surface area contributed by atoms with Crippen LogP contribution >= 0.6 is 11.6 Å². The van der Waals surface area contributed by atoms with Gasteiger partial charge in [0.2, 0.25) is 0 Å². The van der Waals surface area contributed by atoms with Crippen molar-refractivity contribution in [2.24, 2.45) is 0 Å². The molecule has 2 rings (SSSR count). The van der Waals surface area contributed by atoms with Gasteiger partial charge in [0.1, 0.15) is 5.82 Å². The van der Waals surface area contributed by atoms with Crippen molar-refractivity contribution in [3.8, 4) is 6.07 Å². The maximum atomic E-state index is 13.7. The van der Waals surface area contributed by atoms with Crippen molar-refractivity contribution in [3.05, 3.63) is 64.4 Å². The molecule has 0 heterocycles. The fourth-order valence-corrected chi connectivity index (χ4v) is 1.98. The second kappa shape index (κ2) is 6.92. The van der Waals surface area contributed by atoms with Crippen LogP contribution in [0.15, 0.2) is 42.5 Å². The van der Waals surface area contributed by atoms with Gasteiger partial charge in [0.05, 0.1) is 11.6 Å². The molecule has 0 aliphatic rings. The third-order valence-corrected chi connectivity index (χ3v) is 3.27. The van der Waals surface area contributed by atoms with Gasteiger partial charge in [-0.15, -0.1) is 0 Å². The summed E-state index contributed by atoms with van der Waals surface area (Å²) < 4.78 is 13.7. The van der Waals surface area contributed by atoms with Crippen LogP contribution < -0.4 is 5.32 Å². The summed E-state index contributed by atoms with van der Waals surface area (Å²) in [6.45, 7) is 0.116. The molecule has 0 unspecified atom stereocenters. The summed E-state index contributed by atoms with van der Waals surface area (Å²) in [7, 11) is 1.56. The van der Waals surface area contributed by atoms with Crippen molar-refractivity contribution in [1.29, 1.82) is 5.26 Å². The molecule has 0 saturated heterocycles. The first-order valence-electron chi connectivity index (χ1n) is 6.46. The predicted octanol–water partition coefficient (Wildman–Crippen LogP) is 4.01. The van der Waals surface area contributed by atoms with E-state index in [9.17, 15) is 9.18 Å². The number of hydrogen-bond donors (Lipinski definition) is 1. The van der Waals surface area contributed by atoms with E-state index in [1.807, 2.05) is 6.07 Å². The predicted molar refractivity (Wildman–Crippen MR) is 83.1 cm³/mol. The number of carbonyl (C=O) groups excluding carboxylic acids is 1. The van der Waals surface area contributed by atoms with E-state index in [-0.39, 0.29) is 12.6 Å². The molecule has 6 heteroatoms. The Labute approximate surface area is 132 Å². The third-order valence-electron chi connectivity index (χ3n) is 3.03. The maximum absolute atomic E-state index is 13.7. The van der Waals surface area contributed by atoms with Gasteiger partial charge in [-0.1, -0.05) is 17.7 Å². The SMILES string of the molecule is CN(Cc1ccc(Cl)cc1F)C(=O)Nc1ccc(C#N)cc1. The molecule has 0 spiro atoms. The Hall–Kier alpha value is -2.58. The second-order valence-corrected chi connectivity index (χ2v) is 5.15. The minimum Gasteiger partial charge on any atom is -0.323 e. The Morgan fingerprint density at radius 1 is 1.32 bits per heavy atom. The minimum absolute atomic E-state index is 0.116. The van der Waals surface area contributed by atoms with Crippen molar-refractivity contribution >= 4 is 23.3 Å². The molecule has 0 atom stereocenters. The van der Waals surface area contributed by atoms with Crippen LogP contribution in [0.1, 0.15) is 11.1 Å². The molecular formula is C16H13ClFN3O. The standard InChI is InChI=1S/C16H13ClFN3O/c1-21(10-12-4-5-13(17)8-15(12)18)16(22)20-14-6-2-11(9-19)3-7-14/h2-8H,10H2,1H3,(H,20,22). The van der Waals surface area contributed by atoms with Gasteiger partial charge in [0.15, 0.2) is 0 Å².